The van der Waals surface area contributed by atoms with Crippen LogP contribution in [0.5, 0.6) is 11.5 Å². The first-order chi connectivity index (χ1) is 14.5. The Morgan fingerprint density at radius 1 is 1.10 bits per heavy atom. The second-order valence-electron chi connectivity index (χ2n) is 7.75. The molecule has 7 nitrogen and oxygen atoms in total. The van der Waals surface area contributed by atoms with Crippen molar-refractivity contribution >= 4 is 12.0 Å². The minimum atomic E-state index is 0.0427. The lowest BCUT2D eigenvalue weighted by atomic mass is 10.2. The number of benzene rings is 1. The Labute approximate surface area is 178 Å². The third-order valence-electron chi connectivity index (χ3n) is 5.43. The van der Waals surface area contributed by atoms with Gasteiger partial charge in [0.2, 0.25) is 5.91 Å². The monoisotopic (exact) mass is 412 g/mol. The summed E-state index contributed by atoms with van der Waals surface area (Å²) in [6.45, 7) is 9.51. The molecule has 2 aromatic rings. The van der Waals surface area contributed by atoms with Crippen LogP contribution in [0.2, 0.25) is 0 Å². The van der Waals surface area contributed by atoms with E-state index in [0.29, 0.717) is 17.4 Å². The number of methoxy groups -OCH3 is 2. The number of amides is 1. The van der Waals surface area contributed by atoms with Crippen molar-refractivity contribution in [3.63, 3.8) is 0 Å². The van der Waals surface area contributed by atoms with E-state index >= 15 is 0 Å². The van der Waals surface area contributed by atoms with Gasteiger partial charge in [0, 0.05) is 63.7 Å². The minimum Gasteiger partial charge on any atom is -0.493 e. The fourth-order valence-corrected chi connectivity index (χ4v) is 3.68. The van der Waals surface area contributed by atoms with Crippen LogP contribution in [-0.4, -0.2) is 72.2 Å². The van der Waals surface area contributed by atoms with Gasteiger partial charge in [-0.3, -0.25) is 9.69 Å². The van der Waals surface area contributed by atoms with E-state index < -0.39 is 0 Å². The molecule has 0 bridgehead atoms. The van der Waals surface area contributed by atoms with Crippen LogP contribution in [0.3, 0.4) is 0 Å². The maximum Gasteiger partial charge on any atom is 0.246 e. The molecule has 30 heavy (non-hydrogen) atoms. The lowest BCUT2D eigenvalue weighted by Crippen LogP contribution is -2.48. The number of imidazole rings is 1. The SMILES string of the molecule is COc1ccc(/C=C/C(=O)N2CCN(CCn3ccnc3C(C)C)CC2)cc1OC. The summed E-state index contributed by atoms with van der Waals surface area (Å²) in [7, 11) is 3.21. The van der Waals surface area contributed by atoms with E-state index in [9.17, 15) is 4.79 Å². The number of carbonyl (C=O) groups excluding carboxylic acids is 1. The fraction of sp³-hybridized carbons (Fsp3) is 0.478. The molecule has 0 spiro atoms. The molecule has 1 aliphatic rings. The Balaban J connectivity index is 1.48. The van der Waals surface area contributed by atoms with Crippen LogP contribution in [0.15, 0.2) is 36.7 Å². The number of hydrogen-bond acceptors (Lipinski definition) is 5. The van der Waals surface area contributed by atoms with Crippen LogP contribution < -0.4 is 9.47 Å². The molecule has 3 rings (SSSR count). The van der Waals surface area contributed by atoms with Crippen molar-refractivity contribution in [2.45, 2.75) is 26.3 Å². The Kier molecular flexibility index (Phi) is 7.52. The summed E-state index contributed by atoms with van der Waals surface area (Å²) >= 11 is 0. The number of ether oxygens (including phenoxy) is 2. The van der Waals surface area contributed by atoms with Crippen molar-refractivity contribution in [1.82, 2.24) is 19.4 Å². The normalized spacial score (nSPS) is 15.2. The van der Waals surface area contributed by atoms with Gasteiger partial charge in [0.1, 0.15) is 5.82 Å². The summed E-state index contributed by atoms with van der Waals surface area (Å²) in [5.74, 6) is 2.92. The summed E-state index contributed by atoms with van der Waals surface area (Å²) in [6, 6.07) is 5.61. The van der Waals surface area contributed by atoms with E-state index in [0.717, 1.165) is 50.7 Å². The van der Waals surface area contributed by atoms with Gasteiger partial charge in [-0.15, -0.1) is 0 Å². The molecule has 0 saturated carbocycles. The van der Waals surface area contributed by atoms with Crippen LogP contribution >= 0.6 is 0 Å². The van der Waals surface area contributed by atoms with E-state index in [1.165, 1.54) is 0 Å². The zero-order valence-corrected chi connectivity index (χ0v) is 18.4. The van der Waals surface area contributed by atoms with Gasteiger partial charge in [-0.2, -0.15) is 0 Å². The first-order valence-corrected chi connectivity index (χ1v) is 10.4. The van der Waals surface area contributed by atoms with Gasteiger partial charge >= 0.3 is 0 Å². The van der Waals surface area contributed by atoms with Gasteiger partial charge in [0.15, 0.2) is 11.5 Å². The minimum absolute atomic E-state index is 0.0427. The average molecular weight is 413 g/mol. The van der Waals surface area contributed by atoms with Crippen molar-refractivity contribution in [2.75, 3.05) is 46.9 Å². The molecule has 0 atom stereocenters. The lowest BCUT2D eigenvalue weighted by Gasteiger charge is -2.34. The molecule has 1 aromatic carbocycles. The first kappa shape index (κ1) is 21.9. The zero-order chi connectivity index (χ0) is 21.5. The van der Waals surface area contributed by atoms with E-state index in [-0.39, 0.29) is 5.91 Å². The molecule has 2 heterocycles. The largest absolute Gasteiger partial charge is 0.493 e. The number of piperazine rings is 1. The predicted octanol–water partition coefficient (Wildman–Crippen LogP) is 2.88. The van der Waals surface area contributed by atoms with Crippen LogP contribution in [0, 0.1) is 0 Å². The number of hydrogen-bond donors (Lipinski definition) is 0. The van der Waals surface area contributed by atoms with Gasteiger partial charge in [-0.1, -0.05) is 19.9 Å². The highest BCUT2D eigenvalue weighted by Crippen LogP contribution is 2.28. The number of aromatic nitrogens is 2. The quantitative estimate of drug-likeness (QED) is 0.624. The topological polar surface area (TPSA) is 59.8 Å². The lowest BCUT2D eigenvalue weighted by molar-refractivity contribution is -0.127. The van der Waals surface area contributed by atoms with Crippen LogP contribution in [0.1, 0.15) is 31.2 Å². The molecular formula is C23H32N4O3. The van der Waals surface area contributed by atoms with Gasteiger partial charge in [0.25, 0.3) is 0 Å². The number of nitrogens with zero attached hydrogens (tertiary/aromatic N) is 4. The number of carbonyl (C=O) groups is 1. The second kappa shape index (κ2) is 10.3. The first-order valence-electron chi connectivity index (χ1n) is 10.4. The maximum absolute atomic E-state index is 12.6. The van der Waals surface area contributed by atoms with Crippen LogP contribution in [-0.2, 0) is 11.3 Å². The van der Waals surface area contributed by atoms with Crippen LogP contribution in [0.4, 0.5) is 0 Å². The fourth-order valence-electron chi connectivity index (χ4n) is 3.68. The second-order valence-corrected chi connectivity index (χ2v) is 7.75. The van der Waals surface area contributed by atoms with Gasteiger partial charge in [-0.05, 0) is 23.8 Å². The van der Waals surface area contributed by atoms with Crippen molar-refractivity contribution < 1.29 is 14.3 Å². The highest BCUT2D eigenvalue weighted by molar-refractivity contribution is 5.92. The van der Waals surface area contributed by atoms with Crippen LogP contribution in [0.25, 0.3) is 6.08 Å². The van der Waals surface area contributed by atoms with Gasteiger partial charge < -0.3 is 18.9 Å². The third kappa shape index (κ3) is 5.42. The number of rotatable bonds is 8. The van der Waals surface area contributed by atoms with E-state index in [4.69, 9.17) is 9.47 Å². The van der Waals surface area contributed by atoms with Crippen molar-refractivity contribution in [3.8, 4) is 11.5 Å². The Hall–Kier alpha value is -2.80. The molecule has 7 heteroatoms. The molecule has 0 radical (unpaired) electrons. The molecule has 0 N–H and O–H groups in total. The molecule has 1 aromatic heterocycles. The maximum atomic E-state index is 12.6. The third-order valence-corrected chi connectivity index (χ3v) is 5.43. The zero-order valence-electron chi connectivity index (χ0n) is 18.4. The summed E-state index contributed by atoms with van der Waals surface area (Å²) in [5.41, 5.74) is 0.904. The molecule has 1 amide bonds. The summed E-state index contributed by atoms with van der Waals surface area (Å²) in [6.07, 6.45) is 7.38. The highest BCUT2D eigenvalue weighted by Gasteiger charge is 2.19. The summed E-state index contributed by atoms with van der Waals surface area (Å²) in [4.78, 5) is 21.3. The Bertz CT molecular complexity index is 867. The van der Waals surface area contributed by atoms with Crippen molar-refractivity contribution in [1.29, 1.82) is 0 Å². The van der Waals surface area contributed by atoms with Crippen molar-refractivity contribution in [2.24, 2.45) is 0 Å². The van der Waals surface area contributed by atoms with E-state index in [1.807, 2.05) is 41.6 Å². The standard InChI is InChI=1S/C23H32N4O3/c1-18(2)23-24-9-10-27(23)16-13-25-11-14-26(15-12-25)22(28)8-6-19-5-7-20(29-3)21(17-19)30-4/h5-10,17-18H,11-16H2,1-4H3/b8-6+. The molecule has 0 unspecified atom stereocenters. The Morgan fingerprint density at radius 3 is 2.50 bits per heavy atom. The molecule has 1 saturated heterocycles. The van der Waals surface area contributed by atoms with Gasteiger partial charge in [0.05, 0.1) is 14.2 Å². The highest BCUT2D eigenvalue weighted by atomic mass is 16.5. The summed E-state index contributed by atoms with van der Waals surface area (Å²) < 4.78 is 12.8. The molecular weight excluding hydrogens is 380 g/mol. The van der Waals surface area contributed by atoms with Gasteiger partial charge in [-0.25, -0.2) is 4.98 Å². The average Bonchev–Trinajstić information content (AvgIpc) is 3.25. The molecule has 1 aliphatic heterocycles. The van der Waals surface area contributed by atoms with E-state index in [1.54, 1.807) is 20.3 Å². The molecule has 162 valence electrons. The molecule has 1 fully saturated rings. The smallest absolute Gasteiger partial charge is 0.246 e. The summed E-state index contributed by atoms with van der Waals surface area (Å²) in [5, 5.41) is 0. The van der Waals surface area contributed by atoms with E-state index in [2.05, 4.69) is 28.3 Å². The predicted molar refractivity (Wildman–Crippen MR) is 118 cm³/mol. The van der Waals surface area contributed by atoms with Crippen molar-refractivity contribution in [3.05, 3.63) is 48.1 Å². The Morgan fingerprint density at radius 2 is 1.83 bits per heavy atom. The molecule has 0 aliphatic carbocycles.